The predicted octanol–water partition coefficient (Wildman–Crippen LogP) is 5.44. The van der Waals surface area contributed by atoms with Crippen molar-refractivity contribution >= 4 is 27.4 Å². The van der Waals surface area contributed by atoms with Crippen molar-refractivity contribution in [2.75, 3.05) is 11.9 Å². The van der Waals surface area contributed by atoms with Crippen molar-refractivity contribution in [3.8, 4) is 5.75 Å². The first kappa shape index (κ1) is 17.3. The maximum absolute atomic E-state index is 12.1. The number of nitrogens with one attached hydrogen (secondary N) is 1. The van der Waals surface area contributed by atoms with Crippen LogP contribution in [0.1, 0.15) is 30.1 Å². The molecule has 0 aliphatic rings. The molecule has 0 aliphatic heterocycles. The van der Waals surface area contributed by atoms with E-state index in [1.165, 1.54) is 6.08 Å². The van der Waals surface area contributed by atoms with E-state index in [4.69, 9.17) is 4.74 Å². The van der Waals surface area contributed by atoms with Crippen LogP contribution in [0.3, 0.4) is 0 Å². The highest BCUT2D eigenvalue weighted by atomic mass is 79.9. The van der Waals surface area contributed by atoms with Crippen LogP contribution in [0, 0.1) is 0 Å². The van der Waals surface area contributed by atoms with E-state index in [0.29, 0.717) is 12.2 Å². The van der Waals surface area contributed by atoms with Crippen molar-refractivity contribution in [3.05, 3.63) is 70.8 Å². The Morgan fingerprint density at radius 2 is 1.83 bits per heavy atom. The van der Waals surface area contributed by atoms with Crippen LogP contribution in [0.15, 0.2) is 65.3 Å². The van der Waals surface area contributed by atoms with Crippen LogP contribution in [-0.2, 0) is 0 Å². The fourth-order valence-corrected chi connectivity index (χ4v) is 2.17. The Bertz CT molecular complexity index is 648. The van der Waals surface area contributed by atoms with E-state index in [0.717, 1.165) is 28.8 Å². The summed E-state index contributed by atoms with van der Waals surface area (Å²) < 4.78 is 6.60. The lowest BCUT2D eigenvalue weighted by atomic mass is 10.1. The molecule has 0 fully saturated rings. The number of halogens is 1. The van der Waals surface area contributed by atoms with Crippen molar-refractivity contribution in [2.45, 2.75) is 19.8 Å². The summed E-state index contributed by atoms with van der Waals surface area (Å²) >= 11 is 3.38. The minimum Gasteiger partial charge on any atom is -0.494 e. The molecule has 0 radical (unpaired) electrons. The van der Waals surface area contributed by atoms with Gasteiger partial charge in [0, 0.05) is 28.0 Å². The Morgan fingerprint density at radius 3 is 2.48 bits per heavy atom. The summed E-state index contributed by atoms with van der Waals surface area (Å²) in [6.45, 7) is 2.83. The largest absolute Gasteiger partial charge is 0.494 e. The zero-order valence-corrected chi connectivity index (χ0v) is 14.7. The number of carbonyl (C=O) groups excluding carboxylic acids is 1. The number of ether oxygens (including phenoxy) is 1. The molecule has 0 bridgehead atoms. The molecule has 3 nitrogen and oxygen atoms in total. The molecular weight excluding hydrogens is 354 g/mol. The van der Waals surface area contributed by atoms with Gasteiger partial charge in [0.25, 0.3) is 0 Å². The first-order valence-electron chi connectivity index (χ1n) is 7.65. The van der Waals surface area contributed by atoms with Gasteiger partial charge in [0.1, 0.15) is 5.75 Å². The highest BCUT2D eigenvalue weighted by molar-refractivity contribution is 9.10. The third-order valence-electron chi connectivity index (χ3n) is 3.23. The quantitative estimate of drug-likeness (QED) is 0.380. The minimum absolute atomic E-state index is 0.0466. The van der Waals surface area contributed by atoms with Gasteiger partial charge in [0.05, 0.1) is 6.61 Å². The topological polar surface area (TPSA) is 38.3 Å². The minimum atomic E-state index is -0.0466. The van der Waals surface area contributed by atoms with Gasteiger partial charge >= 0.3 is 0 Å². The van der Waals surface area contributed by atoms with E-state index >= 15 is 0 Å². The molecule has 0 unspecified atom stereocenters. The molecule has 0 aromatic heterocycles. The number of carbonyl (C=O) groups is 1. The van der Waals surface area contributed by atoms with Crippen LogP contribution in [0.4, 0.5) is 5.69 Å². The Hall–Kier alpha value is -2.07. The first-order chi connectivity index (χ1) is 11.2. The molecule has 4 heteroatoms. The molecule has 2 aromatic rings. The highest BCUT2D eigenvalue weighted by Crippen LogP contribution is 2.15. The fourth-order valence-electron chi connectivity index (χ4n) is 1.91. The number of benzene rings is 2. The standard InChI is InChI=1S/C19H20BrNO2/c1-2-3-14-23-18-10-4-15(5-11-18)19(22)12-13-21-17-8-6-16(20)7-9-17/h4-13,21H,2-3,14H2,1H3/b13-12+. The molecule has 23 heavy (non-hydrogen) atoms. The summed E-state index contributed by atoms with van der Waals surface area (Å²) in [4.78, 5) is 12.1. The molecule has 0 heterocycles. The van der Waals surface area contributed by atoms with Crippen molar-refractivity contribution in [1.29, 1.82) is 0 Å². The summed E-state index contributed by atoms with van der Waals surface area (Å²) in [5.41, 5.74) is 1.57. The maximum Gasteiger partial charge on any atom is 0.187 e. The number of hydrogen-bond donors (Lipinski definition) is 1. The monoisotopic (exact) mass is 373 g/mol. The number of ketones is 1. The van der Waals surface area contributed by atoms with Gasteiger partial charge in [-0.05, 0) is 55.0 Å². The number of rotatable bonds is 8. The van der Waals surface area contributed by atoms with E-state index in [1.54, 1.807) is 18.3 Å². The summed E-state index contributed by atoms with van der Waals surface area (Å²) in [5, 5.41) is 3.07. The Labute approximate surface area is 145 Å². The van der Waals surface area contributed by atoms with Gasteiger partial charge in [-0.25, -0.2) is 0 Å². The van der Waals surface area contributed by atoms with Crippen LogP contribution >= 0.6 is 15.9 Å². The molecule has 0 amide bonds. The van der Waals surface area contributed by atoms with Crippen LogP contribution in [0.5, 0.6) is 5.75 Å². The lowest BCUT2D eigenvalue weighted by Gasteiger charge is -2.05. The van der Waals surface area contributed by atoms with Gasteiger partial charge in [-0.2, -0.15) is 0 Å². The van der Waals surface area contributed by atoms with Gasteiger partial charge < -0.3 is 10.1 Å². The van der Waals surface area contributed by atoms with Crippen molar-refractivity contribution in [3.63, 3.8) is 0 Å². The first-order valence-corrected chi connectivity index (χ1v) is 8.44. The van der Waals surface area contributed by atoms with Gasteiger partial charge in [-0.1, -0.05) is 29.3 Å². The SMILES string of the molecule is CCCCOc1ccc(C(=O)/C=C/Nc2ccc(Br)cc2)cc1. The van der Waals surface area contributed by atoms with Crippen molar-refractivity contribution < 1.29 is 9.53 Å². The summed E-state index contributed by atoms with van der Waals surface area (Å²) in [7, 11) is 0. The number of hydrogen-bond acceptors (Lipinski definition) is 3. The number of anilines is 1. The summed E-state index contributed by atoms with van der Waals surface area (Å²) in [5.74, 6) is 0.752. The molecule has 0 aliphatic carbocycles. The smallest absolute Gasteiger partial charge is 0.187 e. The lowest BCUT2D eigenvalue weighted by molar-refractivity contribution is 0.104. The summed E-state index contributed by atoms with van der Waals surface area (Å²) in [6, 6.07) is 15.0. The molecular formula is C19H20BrNO2. The van der Waals surface area contributed by atoms with Gasteiger partial charge in [-0.15, -0.1) is 0 Å². The third kappa shape index (κ3) is 5.91. The molecule has 0 spiro atoms. The number of allylic oxidation sites excluding steroid dienone is 1. The predicted molar refractivity (Wildman–Crippen MR) is 98.1 cm³/mol. The van der Waals surface area contributed by atoms with Crippen LogP contribution in [0.25, 0.3) is 0 Å². The van der Waals surface area contributed by atoms with Gasteiger partial charge in [0.2, 0.25) is 0 Å². The fraction of sp³-hybridized carbons (Fsp3) is 0.211. The molecule has 1 N–H and O–H groups in total. The van der Waals surface area contributed by atoms with E-state index in [2.05, 4.69) is 28.2 Å². The van der Waals surface area contributed by atoms with E-state index in [-0.39, 0.29) is 5.78 Å². The van der Waals surface area contributed by atoms with E-state index in [9.17, 15) is 4.79 Å². The third-order valence-corrected chi connectivity index (χ3v) is 3.76. The zero-order valence-electron chi connectivity index (χ0n) is 13.1. The van der Waals surface area contributed by atoms with Crippen LogP contribution in [-0.4, -0.2) is 12.4 Å². The Morgan fingerprint density at radius 1 is 1.13 bits per heavy atom. The molecule has 0 atom stereocenters. The van der Waals surface area contributed by atoms with Crippen molar-refractivity contribution in [1.82, 2.24) is 0 Å². The van der Waals surface area contributed by atoms with Gasteiger partial charge in [-0.3, -0.25) is 4.79 Å². The average molecular weight is 374 g/mol. The van der Waals surface area contributed by atoms with Gasteiger partial charge in [0.15, 0.2) is 5.78 Å². The second-order valence-corrected chi connectivity index (χ2v) is 5.99. The highest BCUT2D eigenvalue weighted by Gasteiger charge is 2.02. The lowest BCUT2D eigenvalue weighted by Crippen LogP contribution is -1.99. The van der Waals surface area contributed by atoms with Crippen LogP contribution in [0.2, 0.25) is 0 Å². The van der Waals surface area contributed by atoms with E-state index < -0.39 is 0 Å². The molecule has 2 aromatic carbocycles. The number of unbranched alkanes of at least 4 members (excludes halogenated alkanes) is 1. The van der Waals surface area contributed by atoms with Crippen LogP contribution < -0.4 is 10.1 Å². The van der Waals surface area contributed by atoms with Crippen molar-refractivity contribution in [2.24, 2.45) is 0 Å². The molecule has 120 valence electrons. The molecule has 0 saturated heterocycles. The normalized spacial score (nSPS) is 10.7. The Kier molecular flexibility index (Phi) is 6.88. The second-order valence-electron chi connectivity index (χ2n) is 5.08. The average Bonchev–Trinajstić information content (AvgIpc) is 2.57. The second kappa shape index (κ2) is 9.16. The summed E-state index contributed by atoms with van der Waals surface area (Å²) in [6.07, 6.45) is 5.31. The molecule has 2 rings (SSSR count). The van der Waals surface area contributed by atoms with E-state index in [1.807, 2.05) is 36.4 Å². The Balaban J connectivity index is 1.87. The zero-order chi connectivity index (χ0) is 16.5. The molecule has 0 saturated carbocycles. The maximum atomic E-state index is 12.1.